The summed E-state index contributed by atoms with van der Waals surface area (Å²) in [7, 11) is 0. The van der Waals surface area contributed by atoms with Crippen molar-refractivity contribution in [2.45, 2.75) is 31.6 Å². The van der Waals surface area contributed by atoms with Crippen LogP contribution in [0.1, 0.15) is 18.4 Å². The molecular weight excluding hydrogens is 280 g/mol. The summed E-state index contributed by atoms with van der Waals surface area (Å²) < 4.78 is 6.99. The number of benzene rings is 1. The molecule has 3 nitrogen and oxygen atoms in total. The molecule has 2 aliphatic heterocycles. The summed E-state index contributed by atoms with van der Waals surface area (Å²) in [6.07, 6.45) is 3.35. The molecule has 3 rings (SSSR count). The maximum absolute atomic E-state index is 5.84. The first-order valence-electron chi connectivity index (χ1n) is 6.12. The Balaban J connectivity index is 1.72. The molecule has 0 radical (unpaired) electrons. The van der Waals surface area contributed by atoms with Crippen LogP contribution in [0, 0.1) is 0 Å². The van der Waals surface area contributed by atoms with Crippen LogP contribution in [-0.4, -0.2) is 30.2 Å². The van der Waals surface area contributed by atoms with Crippen LogP contribution < -0.4 is 5.73 Å². The van der Waals surface area contributed by atoms with Crippen LogP contribution in [0.15, 0.2) is 22.7 Å². The minimum atomic E-state index is 0.452. The molecule has 2 unspecified atom stereocenters. The Labute approximate surface area is 110 Å². The van der Waals surface area contributed by atoms with E-state index in [1.807, 2.05) is 12.1 Å². The van der Waals surface area contributed by atoms with Gasteiger partial charge in [-0.3, -0.25) is 4.90 Å². The molecule has 2 saturated heterocycles. The lowest BCUT2D eigenvalue weighted by molar-refractivity contribution is -0.0411. The van der Waals surface area contributed by atoms with Gasteiger partial charge in [-0.25, -0.2) is 0 Å². The smallest absolute Gasteiger partial charge is 0.0707 e. The van der Waals surface area contributed by atoms with Crippen molar-refractivity contribution in [1.82, 2.24) is 4.90 Å². The van der Waals surface area contributed by atoms with Gasteiger partial charge in [0.2, 0.25) is 0 Å². The normalized spacial score (nSPS) is 28.5. The van der Waals surface area contributed by atoms with E-state index in [9.17, 15) is 0 Å². The molecule has 2 aliphatic rings. The number of fused-ring (bicyclic) bond motifs is 2. The second-order valence-corrected chi connectivity index (χ2v) is 5.86. The highest BCUT2D eigenvalue weighted by Gasteiger charge is 2.33. The summed E-state index contributed by atoms with van der Waals surface area (Å²) in [5, 5.41) is 0. The van der Waals surface area contributed by atoms with Gasteiger partial charge in [0, 0.05) is 29.8 Å². The molecule has 92 valence electrons. The van der Waals surface area contributed by atoms with Crippen LogP contribution in [0.25, 0.3) is 0 Å². The summed E-state index contributed by atoms with van der Waals surface area (Å²) in [6, 6.07) is 6.01. The van der Waals surface area contributed by atoms with Crippen molar-refractivity contribution < 1.29 is 4.74 Å². The molecule has 0 aliphatic carbocycles. The summed E-state index contributed by atoms with van der Waals surface area (Å²) >= 11 is 3.59. The lowest BCUT2D eigenvalue weighted by atomic mass is 10.1. The molecule has 2 bridgehead atoms. The molecule has 0 aromatic heterocycles. The highest BCUT2D eigenvalue weighted by Crippen LogP contribution is 2.28. The largest absolute Gasteiger partial charge is 0.399 e. The van der Waals surface area contributed by atoms with Gasteiger partial charge in [-0.1, -0.05) is 15.9 Å². The lowest BCUT2D eigenvalue weighted by Gasteiger charge is -2.32. The van der Waals surface area contributed by atoms with E-state index in [2.05, 4.69) is 26.9 Å². The van der Waals surface area contributed by atoms with Crippen LogP contribution in [0.2, 0.25) is 0 Å². The molecular formula is C13H17BrN2O. The molecule has 0 spiro atoms. The highest BCUT2D eigenvalue weighted by molar-refractivity contribution is 9.10. The number of anilines is 1. The lowest BCUT2D eigenvalue weighted by Crippen LogP contribution is -2.42. The fraction of sp³-hybridized carbons (Fsp3) is 0.538. The van der Waals surface area contributed by atoms with Crippen molar-refractivity contribution in [3.8, 4) is 0 Å². The van der Waals surface area contributed by atoms with Crippen LogP contribution >= 0.6 is 15.9 Å². The first kappa shape index (κ1) is 11.5. The predicted molar refractivity (Wildman–Crippen MR) is 71.7 cm³/mol. The van der Waals surface area contributed by atoms with Crippen molar-refractivity contribution in [1.29, 1.82) is 0 Å². The Bertz CT molecular complexity index is 412. The third-order valence-corrected chi connectivity index (χ3v) is 4.36. The highest BCUT2D eigenvalue weighted by atomic mass is 79.9. The van der Waals surface area contributed by atoms with Crippen LogP contribution in [0.4, 0.5) is 5.69 Å². The molecule has 2 atom stereocenters. The fourth-order valence-electron chi connectivity index (χ4n) is 2.79. The van der Waals surface area contributed by atoms with Crippen molar-refractivity contribution in [3.63, 3.8) is 0 Å². The molecule has 1 aromatic carbocycles. The first-order valence-corrected chi connectivity index (χ1v) is 6.92. The number of nitrogen functional groups attached to an aromatic ring is 1. The summed E-state index contributed by atoms with van der Waals surface area (Å²) in [5.74, 6) is 0. The second-order valence-electron chi connectivity index (χ2n) is 5.00. The third-order valence-electron chi connectivity index (χ3n) is 3.58. The van der Waals surface area contributed by atoms with Crippen molar-refractivity contribution in [3.05, 3.63) is 28.2 Å². The van der Waals surface area contributed by atoms with E-state index in [-0.39, 0.29) is 0 Å². The Morgan fingerprint density at radius 1 is 1.29 bits per heavy atom. The Morgan fingerprint density at radius 3 is 2.71 bits per heavy atom. The zero-order valence-corrected chi connectivity index (χ0v) is 11.3. The van der Waals surface area contributed by atoms with Crippen molar-refractivity contribution >= 4 is 21.6 Å². The first-order chi connectivity index (χ1) is 8.20. The molecule has 17 heavy (non-hydrogen) atoms. The van der Waals surface area contributed by atoms with Gasteiger partial charge in [-0.05, 0) is 36.6 Å². The Hall–Kier alpha value is -0.580. The number of nitrogens with zero attached hydrogens (tertiary/aromatic N) is 1. The van der Waals surface area contributed by atoms with Gasteiger partial charge in [0.05, 0.1) is 12.2 Å². The average molecular weight is 297 g/mol. The summed E-state index contributed by atoms with van der Waals surface area (Å²) in [5.41, 5.74) is 7.94. The molecule has 2 heterocycles. The van der Waals surface area contributed by atoms with E-state index in [4.69, 9.17) is 10.5 Å². The fourth-order valence-corrected chi connectivity index (χ4v) is 3.16. The SMILES string of the molecule is Nc1ccc(Br)c(CN2CC3CCC(C2)O3)c1. The van der Waals surface area contributed by atoms with Crippen LogP contribution in [0.5, 0.6) is 0 Å². The third kappa shape index (κ3) is 2.49. The van der Waals surface area contributed by atoms with E-state index in [1.54, 1.807) is 0 Å². The van der Waals surface area contributed by atoms with Crippen LogP contribution in [-0.2, 0) is 11.3 Å². The van der Waals surface area contributed by atoms with E-state index in [0.717, 1.165) is 29.8 Å². The van der Waals surface area contributed by atoms with Crippen molar-refractivity contribution in [2.75, 3.05) is 18.8 Å². The minimum Gasteiger partial charge on any atom is -0.399 e. The number of nitrogens with two attached hydrogens (primary N) is 1. The second kappa shape index (κ2) is 4.59. The molecule has 2 N–H and O–H groups in total. The molecule has 0 amide bonds. The minimum absolute atomic E-state index is 0.452. The average Bonchev–Trinajstić information content (AvgIpc) is 2.63. The number of hydrogen-bond donors (Lipinski definition) is 1. The van der Waals surface area contributed by atoms with E-state index < -0.39 is 0 Å². The number of rotatable bonds is 2. The number of halogens is 1. The standard InChI is InChI=1S/C13H17BrN2O/c14-13-4-1-10(15)5-9(13)6-16-7-11-2-3-12(8-16)17-11/h1,4-5,11-12H,2-3,6-8,15H2. The van der Waals surface area contributed by atoms with Gasteiger partial charge in [-0.2, -0.15) is 0 Å². The van der Waals surface area contributed by atoms with E-state index >= 15 is 0 Å². The molecule has 0 saturated carbocycles. The van der Waals surface area contributed by atoms with Crippen molar-refractivity contribution in [2.24, 2.45) is 0 Å². The maximum Gasteiger partial charge on any atom is 0.0707 e. The molecule has 2 fully saturated rings. The number of ether oxygens (including phenoxy) is 1. The zero-order valence-electron chi connectivity index (χ0n) is 9.73. The summed E-state index contributed by atoms with van der Waals surface area (Å²) in [6.45, 7) is 3.07. The Morgan fingerprint density at radius 2 is 2.00 bits per heavy atom. The van der Waals surface area contributed by atoms with Crippen LogP contribution in [0.3, 0.4) is 0 Å². The Kier molecular flexibility index (Phi) is 3.11. The maximum atomic E-state index is 5.84. The monoisotopic (exact) mass is 296 g/mol. The number of morpholine rings is 1. The van der Waals surface area contributed by atoms with Gasteiger partial charge in [-0.15, -0.1) is 0 Å². The predicted octanol–water partition coefficient (Wildman–Crippen LogP) is 2.39. The van der Waals surface area contributed by atoms with E-state index in [0.29, 0.717) is 12.2 Å². The van der Waals surface area contributed by atoms with E-state index in [1.165, 1.54) is 18.4 Å². The zero-order chi connectivity index (χ0) is 11.8. The quantitative estimate of drug-likeness (QED) is 0.852. The van der Waals surface area contributed by atoms with Gasteiger partial charge in [0.25, 0.3) is 0 Å². The topological polar surface area (TPSA) is 38.5 Å². The van der Waals surface area contributed by atoms with Gasteiger partial charge < -0.3 is 10.5 Å². The number of hydrogen-bond acceptors (Lipinski definition) is 3. The van der Waals surface area contributed by atoms with Gasteiger partial charge in [0.15, 0.2) is 0 Å². The number of likely N-dealkylation sites (tertiary alicyclic amines) is 1. The van der Waals surface area contributed by atoms with Gasteiger partial charge >= 0.3 is 0 Å². The summed E-state index contributed by atoms with van der Waals surface area (Å²) in [4.78, 5) is 2.48. The molecule has 4 heteroatoms. The molecule has 1 aromatic rings. The van der Waals surface area contributed by atoms with Gasteiger partial charge in [0.1, 0.15) is 0 Å².